The molecule has 0 aliphatic heterocycles. The van der Waals surface area contributed by atoms with Crippen molar-refractivity contribution in [3.05, 3.63) is 40.1 Å². The highest BCUT2D eigenvalue weighted by Gasteiger charge is 2.12. The number of rotatable bonds is 2. The van der Waals surface area contributed by atoms with E-state index in [0.29, 0.717) is 15.9 Å². The fraction of sp³-hybridized carbons (Fsp3) is 0.167. The number of aromatic nitrogens is 2. The Kier molecular flexibility index (Phi) is 3.50. The van der Waals surface area contributed by atoms with Crippen molar-refractivity contribution in [3.63, 3.8) is 0 Å². The quantitative estimate of drug-likeness (QED) is 0.905. The Balaban J connectivity index is 2.64. The lowest BCUT2D eigenvalue weighted by Crippen LogP contribution is -2.01. The molecule has 17 heavy (non-hydrogen) atoms. The molecule has 0 unspecified atom stereocenters. The predicted molar refractivity (Wildman–Crippen MR) is 71.3 cm³/mol. The van der Waals surface area contributed by atoms with Gasteiger partial charge in [-0.05, 0) is 24.6 Å². The lowest BCUT2D eigenvalue weighted by atomic mass is 10.0. The summed E-state index contributed by atoms with van der Waals surface area (Å²) in [6.07, 6.45) is 2.19. The van der Waals surface area contributed by atoms with Crippen molar-refractivity contribution in [2.24, 2.45) is 0 Å². The Morgan fingerprint density at radius 2 is 2.00 bits per heavy atom. The summed E-state index contributed by atoms with van der Waals surface area (Å²) in [7, 11) is 0. The SMILES string of the molecule is CCc1c(N)ncnc1-c1ccc(Cl)cc1Cl. The summed E-state index contributed by atoms with van der Waals surface area (Å²) < 4.78 is 0. The zero-order valence-corrected chi connectivity index (χ0v) is 10.8. The fourth-order valence-corrected chi connectivity index (χ4v) is 2.19. The summed E-state index contributed by atoms with van der Waals surface area (Å²) in [6.45, 7) is 2.00. The molecule has 0 radical (unpaired) electrons. The van der Waals surface area contributed by atoms with Crippen LogP contribution in [0, 0.1) is 0 Å². The zero-order valence-electron chi connectivity index (χ0n) is 9.24. The van der Waals surface area contributed by atoms with E-state index in [1.165, 1.54) is 6.33 Å². The summed E-state index contributed by atoms with van der Waals surface area (Å²) in [5.41, 5.74) is 8.32. The highest BCUT2D eigenvalue weighted by atomic mass is 35.5. The molecule has 2 aromatic rings. The molecule has 5 heteroatoms. The molecular formula is C12H11Cl2N3. The van der Waals surface area contributed by atoms with Crippen LogP contribution >= 0.6 is 23.2 Å². The molecule has 0 atom stereocenters. The molecule has 3 nitrogen and oxygen atoms in total. The van der Waals surface area contributed by atoms with E-state index in [-0.39, 0.29) is 0 Å². The Labute approximate surface area is 110 Å². The molecule has 0 saturated carbocycles. The molecule has 1 aromatic carbocycles. The van der Waals surface area contributed by atoms with Crippen LogP contribution in [0.5, 0.6) is 0 Å². The third kappa shape index (κ3) is 2.35. The largest absolute Gasteiger partial charge is 0.383 e. The first kappa shape index (κ1) is 12.1. The number of nitrogens with zero attached hydrogens (tertiary/aromatic N) is 2. The molecule has 1 heterocycles. The van der Waals surface area contributed by atoms with Crippen molar-refractivity contribution in [1.82, 2.24) is 9.97 Å². The minimum atomic E-state index is 0.489. The molecular weight excluding hydrogens is 257 g/mol. The summed E-state index contributed by atoms with van der Waals surface area (Å²) in [5, 5.41) is 1.16. The van der Waals surface area contributed by atoms with Gasteiger partial charge in [0.25, 0.3) is 0 Å². The summed E-state index contributed by atoms with van der Waals surface area (Å²) in [5.74, 6) is 0.489. The van der Waals surface area contributed by atoms with Crippen LogP contribution in [0.15, 0.2) is 24.5 Å². The molecule has 0 spiro atoms. The van der Waals surface area contributed by atoms with Crippen LogP contribution in [0.3, 0.4) is 0 Å². The first-order chi connectivity index (χ1) is 8.13. The second-order valence-electron chi connectivity index (χ2n) is 3.56. The van der Waals surface area contributed by atoms with E-state index in [9.17, 15) is 0 Å². The molecule has 0 aliphatic carbocycles. The van der Waals surface area contributed by atoms with Gasteiger partial charge in [0.1, 0.15) is 12.1 Å². The second kappa shape index (κ2) is 4.90. The summed E-state index contributed by atoms with van der Waals surface area (Å²) in [4.78, 5) is 8.23. The van der Waals surface area contributed by atoms with Crippen LogP contribution in [0.1, 0.15) is 12.5 Å². The lowest BCUT2D eigenvalue weighted by molar-refractivity contribution is 1.06. The normalized spacial score (nSPS) is 10.5. The first-order valence-corrected chi connectivity index (χ1v) is 5.93. The molecule has 0 bridgehead atoms. The molecule has 0 amide bonds. The number of anilines is 1. The standard InChI is InChI=1S/C12H11Cl2N3/c1-2-8-11(16-6-17-12(8)15)9-4-3-7(13)5-10(9)14/h3-6H,2H2,1H3,(H2,15,16,17). The average Bonchev–Trinajstić information content (AvgIpc) is 2.29. The van der Waals surface area contributed by atoms with Gasteiger partial charge in [0.2, 0.25) is 0 Å². The van der Waals surface area contributed by atoms with Gasteiger partial charge in [-0.3, -0.25) is 0 Å². The van der Waals surface area contributed by atoms with E-state index >= 15 is 0 Å². The maximum Gasteiger partial charge on any atom is 0.130 e. The predicted octanol–water partition coefficient (Wildman–Crippen LogP) is 3.60. The number of hydrogen-bond donors (Lipinski definition) is 1. The highest BCUT2D eigenvalue weighted by molar-refractivity contribution is 6.36. The van der Waals surface area contributed by atoms with Gasteiger partial charge in [-0.1, -0.05) is 30.1 Å². The van der Waals surface area contributed by atoms with Crippen molar-refractivity contribution in [2.45, 2.75) is 13.3 Å². The smallest absolute Gasteiger partial charge is 0.130 e. The molecule has 88 valence electrons. The van der Waals surface area contributed by atoms with Crippen LogP contribution in [0.4, 0.5) is 5.82 Å². The van der Waals surface area contributed by atoms with Gasteiger partial charge < -0.3 is 5.73 Å². The van der Waals surface area contributed by atoms with Crippen LogP contribution in [0.2, 0.25) is 10.0 Å². The minimum absolute atomic E-state index is 0.489. The Bertz CT molecular complexity index is 555. The third-order valence-electron chi connectivity index (χ3n) is 2.52. The third-order valence-corrected chi connectivity index (χ3v) is 3.07. The minimum Gasteiger partial charge on any atom is -0.383 e. The van der Waals surface area contributed by atoms with E-state index < -0.39 is 0 Å². The molecule has 2 N–H and O–H groups in total. The van der Waals surface area contributed by atoms with Gasteiger partial charge in [0.05, 0.1) is 10.7 Å². The topological polar surface area (TPSA) is 51.8 Å². The van der Waals surface area contributed by atoms with E-state index in [1.54, 1.807) is 12.1 Å². The van der Waals surface area contributed by atoms with Gasteiger partial charge in [-0.25, -0.2) is 9.97 Å². The van der Waals surface area contributed by atoms with E-state index in [1.807, 2.05) is 13.0 Å². The summed E-state index contributed by atoms with van der Waals surface area (Å²) >= 11 is 12.0. The zero-order chi connectivity index (χ0) is 12.4. The Morgan fingerprint density at radius 1 is 1.24 bits per heavy atom. The maximum absolute atomic E-state index is 6.16. The van der Waals surface area contributed by atoms with Crippen LogP contribution in [-0.4, -0.2) is 9.97 Å². The van der Waals surface area contributed by atoms with Gasteiger partial charge in [-0.2, -0.15) is 0 Å². The Hall–Kier alpha value is -1.32. The molecule has 2 rings (SSSR count). The summed E-state index contributed by atoms with van der Waals surface area (Å²) in [6, 6.07) is 5.31. The average molecular weight is 268 g/mol. The van der Waals surface area contributed by atoms with E-state index in [0.717, 1.165) is 23.2 Å². The van der Waals surface area contributed by atoms with Crippen LogP contribution < -0.4 is 5.73 Å². The molecule has 0 aliphatic rings. The van der Waals surface area contributed by atoms with Crippen molar-refractivity contribution in [2.75, 3.05) is 5.73 Å². The second-order valence-corrected chi connectivity index (χ2v) is 4.41. The lowest BCUT2D eigenvalue weighted by Gasteiger charge is -2.10. The van der Waals surface area contributed by atoms with Crippen molar-refractivity contribution in [3.8, 4) is 11.3 Å². The van der Waals surface area contributed by atoms with Gasteiger partial charge in [-0.15, -0.1) is 0 Å². The highest BCUT2D eigenvalue weighted by Crippen LogP contribution is 2.32. The monoisotopic (exact) mass is 267 g/mol. The number of hydrogen-bond acceptors (Lipinski definition) is 3. The van der Waals surface area contributed by atoms with Crippen molar-refractivity contribution in [1.29, 1.82) is 0 Å². The number of halogens is 2. The van der Waals surface area contributed by atoms with Gasteiger partial charge >= 0.3 is 0 Å². The number of nitrogen functional groups attached to an aromatic ring is 1. The van der Waals surface area contributed by atoms with Gasteiger partial charge in [0, 0.05) is 16.1 Å². The molecule has 1 aromatic heterocycles. The maximum atomic E-state index is 6.16. The number of nitrogens with two attached hydrogens (primary N) is 1. The Morgan fingerprint density at radius 3 is 2.65 bits per heavy atom. The van der Waals surface area contributed by atoms with Crippen molar-refractivity contribution < 1.29 is 0 Å². The van der Waals surface area contributed by atoms with E-state index in [4.69, 9.17) is 28.9 Å². The molecule has 0 saturated heterocycles. The van der Waals surface area contributed by atoms with Gasteiger partial charge in [0.15, 0.2) is 0 Å². The van der Waals surface area contributed by atoms with Crippen LogP contribution in [-0.2, 0) is 6.42 Å². The van der Waals surface area contributed by atoms with E-state index in [2.05, 4.69) is 9.97 Å². The fourth-order valence-electron chi connectivity index (χ4n) is 1.69. The van der Waals surface area contributed by atoms with Crippen LogP contribution in [0.25, 0.3) is 11.3 Å². The van der Waals surface area contributed by atoms with Crippen molar-refractivity contribution >= 4 is 29.0 Å². The first-order valence-electron chi connectivity index (χ1n) is 5.18. The molecule has 0 fully saturated rings. The number of benzene rings is 1.